The smallest absolute Gasteiger partial charge is 0.279 e. The molecule has 1 aliphatic rings. The molecule has 4 heterocycles. The van der Waals surface area contributed by atoms with E-state index in [2.05, 4.69) is 20.3 Å². The molecule has 1 aliphatic heterocycles. The van der Waals surface area contributed by atoms with Crippen molar-refractivity contribution < 1.29 is 10.2 Å². The van der Waals surface area contributed by atoms with E-state index in [1.807, 2.05) is 25.1 Å². The molecule has 1 fully saturated rings. The van der Waals surface area contributed by atoms with Crippen LogP contribution in [0.1, 0.15) is 32.3 Å². The van der Waals surface area contributed by atoms with Gasteiger partial charge in [-0.3, -0.25) is 14.3 Å². The van der Waals surface area contributed by atoms with Gasteiger partial charge in [-0.1, -0.05) is 7.43 Å². The van der Waals surface area contributed by atoms with E-state index in [9.17, 15) is 15.0 Å². The van der Waals surface area contributed by atoms with Crippen molar-refractivity contribution in [2.75, 3.05) is 6.54 Å². The van der Waals surface area contributed by atoms with Gasteiger partial charge in [0.05, 0.1) is 36.3 Å². The van der Waals surface area contributed by atoms with Gasteiger partial charge in [0, 0.05) is 24.0 Å². The van der Waals surface area contributed by atoms with Crippen LogP contribution in [0.15, 0.2) is 41.7 Å². The average molecular weight is 412 g/mol. The van der Waals surface area contributed by atoms with Crippen LogP contribution in [-0.2, 0) is 6.54 Å². The second-order valence-corrected chi connectivity index (χ2v) is 7.63. The lowest BCUT2D eigenvalue weighted by Gasteiger charge is -2.30. The Hall–Kier alpha value is -2.68. The molecule has 3 atom stereocenters. The van der Waals surface area contributed by atoms with Crippen LogP contribution >= 0.6 is 0 Å². The number of nitrogens with zero attached hydrogens (tertiary/aromatic N) is 4. The highest BCUT2D eigenvalue weighted by molar-refractivity contribution is 5.80. The van der Waals surface area contributed by atoms with Gasteiger partial charge in [-0.15, -0.1) is 0 Å². The van der Waals surface area contributed by atoms with Crippen LogP contribution in [0.5, 0.6) is 0 Å². The van der Waals surface area contributed by atoms with Gasteiger partial charge in [0.15, 0.2) is 5.52 Å². The maximum Gasteiger partial charge on any atom is 0.279 e. The number of hydrogen-bond acceptors (Lipinski definition) is 7. The summed E-state index contributed by atoms with van der Waals surface area (Å²) in [7, 11) is 0. The van der Waals surface area contributed by atoms with Crippen LogP contribution in [0.3, 0.4) is 0 Å². The fourth-order valence-electron chi connectivity index (χ4n) is 3.86. The molecule has 3 aromatic heterocycles. The number of aliphatic hydroxyl groups is 2. The number of hydrogen-bond donors (Lipinski definition) is 3. The Balaban J connectivity index is 0.00000256. The highest BCUT2D eigenvalue weighted by atomic mass is 16.3. The fourth-order valence-corrected chi connectivity index (χ4v) is 3.86. The Labute approximate surface area is 175 Å². The number of piperidine rings is 1. The summed E-state index contributed by atoms with van der Waals surface area (Å²) >= 11 is 0. The molecule has 0 spiro atoms. The topological polar surface area (TPSA) is 113 Å². The molecule has 0 radical (unpaired) electrons. The monoisotopic (exact) mass is 411 g/mol. The molecular weight excluding hydrogens is 382 g/mol. The Morgan fingerprint density at radius 3 is 2.93 bits per heavy atom. The minimum Gasteiger partial charge on any atom is -0.392 e. The molecular formula is C22H29N5O3. The number of nitrogens with one attached hydrogen (secondary N) is 1. The summed E-state index contributed by atoms with van der Waals surface area (Å²) in [4.78, 5) is 26.1. The third kappa shape index (κ3) is 4.56. The zero-order valence-electron chi connectivity index (χ0n) is 16.3. The lowest BCUT2D eigenvalue weighted by Crippen LogP contribution is -2.47. The van der Waals surface area contributed by atoms with Crippen LogP contribution in [0.2, 0.25) is 0 Å². The predicted molar refractivity (Wildman–Crippen MR) is 116 cm³/mol. The second kappa shape index (κ2) is 9.42. The van der Waals surface area contributed by atoms with Crippen molar-refractivity contribution in [3.63, 3.8) is 0 Å². The van der Waals surface area contributed by atoms with Crippen LogP contribution in [0.4, 0.5) is 0 Å². The first kappa shape index (κ1) is 22.0. The minimum absolute atomic E-state index is 0. The van der Waals surface area contributed by atoms with Gasteiger partial charge in [0.25, 0.3) is 5.56 Å². The molecule has 0 unspecified atom stereocenters. The molecule has 8 heteroatoms. The van der Waals surface area contributed by atoms with Crippen molar-refractivity contribution in [1.82, 2.24) is 24.8 Å². The maximum absolute atomic E-state index is 13.0. The standard InChI is InChI=1S/C21H25N5O3.CH4/c1-13-8-16(14-4-2-6-22-10-14)25-20-19(13)24-12-26(21(20)29)11-15(27)9-17-18(28)5-3-7-23-17;/h2,4,6,8,10,12,15,17-18,23,27-28H,3,5,7,9,11H2,1H3;1H4/t15-,17+,18-;/m0./s1. The van der Waals surface area contributed by atoms with Crippen molar-refractivity contribution in [3.8, 4) is 11.3 Å². The average Bonchev–Trinajstić information content (AvgIpc) is 2.72. The summed E-state index contributed by atoms with van der Waals surface area (Å²) in [5.74, 6) is 0. The molecule has 0 aromatic carbocycles. The summed E-state index contributed by atoms with van der Waals surface area (Å²) in [6, 6.07) is 5.44. The quantitative estimate of drug-likeness (QED) is 0.585. The van der Waals surface area contributed by atoms with Gasteiger partial charge < -0.3 is 15.5 Å². The van der Waals surface area contributed by atoms with Crippen LogP contribution in [-0.4, -0.2) is 54.5 Å². The number of rotatable bonds is 5. The van der Waals surface area contributed by atoms with E-state index in [-0.39, 0.29) is 31.1 Å². The van der Waals surface area contributed by atoms with Gasteiger partial charge in [-0.25, -0.2) is 9.97 Å². The molecule has 30 heavy (non-hydrogen) atoms. The van der Waals surface area contributed by atoms with E-state index >= 15 is 0 Å². The summed E-state index contributed by atoms with van der Waals surface area (Å²) in [6.07, 6.45) is 5.61. The Morgan fingerprint density at radius 2 is 2.20 bits per heavy atom. The van der Waals surface area contributed by atoms with E-state index in [0.717, 1.165) is 30.5 Å². The van der Waals surface area contributed by atoms with Crippen molar-refractivity contribution in [2.45, 2.75) is 58.4 Å². The number of pyridine rings is 2. The SMILES string of the molecule is C.Cc1cc(-c2cccnc2)nc2c(=O)n(C[C@@H](O)C[C@H]3NCCC[C@@H]3O)cnc12. The summed E-state index contributed by atoms with van der Waals surface area (Å²) in [5, 5.41) is 23.8. The van der Waals surface area contributed by atoms with Crippen molar-refractivity contribution >= 4 is 11.0 Å². The molecule has 3 N–H and O–H groups in total. The predicted octanol–water partition coefficient (Wildman–Crippen LogP) is 1.66. The second-order valence-electron chi connectivity index (χ2n) is 7.63. The first-order valence-electron chi connectivity index (χ1n) is 9.89. The summed E-state index contributed by atoms with van der Waals surface area (Å²) in [6.45, 7) is 2.82. The van der Waals surface area contributed by atoms with Gasteiger partial charge in [-0.05, 0) is 56.5 Å². The van der Waals surface area contributed by atoms with E-state index < -0.39 is 12.2 Å². The number of fused-ring (bicyclic) bond motifs is 1. The first-order chi connectivity index (χ1) is 14.0. The normalized spacial score (nSPS) is 20.0. The van der Waals surface area contributed by atoms with E-state index in [4.69, 9.17) is 0 Å². The van der Waals surface area contributed by atoms with E-state index in [0.29, 0.717) is 17.6 Å². The van der Waals surface area contributed by atoms with Crippen molar-refractivity contribution in [3.05, 3.63) is 52.8 Å². The fraction of sp³-hybridized carbons (Fsp3) is 0.455. The molecule has 0 amide bonds. The molecule has 0 bridgehead atoms. The molecule has 8 nitrogen and oxygen atoms in total. The third-order valence-electron chi connectivity index (χ3n) is 5.41. The highest BCUT2D eigenvalue weighted by Gasteiger charge is 2.25. The number of aromatic nitrogens is 4. The molecule has 0 aliphatic carbocycles. The lowest BCUT2D eigenvalue weighted by atomic mass is 9.96. The van der Waals surface area contributed by atoms with E-state index in [1.165, 1.54) is 10.9 Å². The Bertz CT molecular complexity index is 1050. The van der Waals surface area contributed by atoms with Crippen molar-refractivity contribution in [1.29, 1.82) is 0 Å². The Morgan fingerprint density at radius 1 is 1.37 bits per heavy atom. The first-order valence-corrected chi connectivity index (χ1v) is 9.89. The van der Waals surface area contributed by atoms with Crippen LogP contribution in [0, 0.1) is 6.92 Å². The third-order valence-corrected chi connectivity index (χ3v) is 5.41. The number of aryl methyl sites for hydroxylation is 1. The Kier molecular flexibility index (Phi) is 6.91. The van der Waals surface area contributed by atoms with Gasteiger partial charge in [-0.2, -0.15) is 0 Å². The summed E-state index contributed by atoms with van der Waals surface area (Å²) < 4.78 is 1.39. The zero-order chi connectivity index (χ0) is 20.4. The van der Waals surface area contributed by atoms with E-state index in [1.54, 1.807) is 12.4 Å². The molecule has 0 saturated carbocycles. The van der Waals surface area contributed by atoms with Gasteiger partial charge >= 0.3 is 0 Å². The maximum atomic E-state index is 13.0. The molecule has 1 saturated heterocycles. The molecule has 160 valence electrons. The zero-order valence-corrected chi connectivity index (χ0v) is 16.3. The molecule has 4 rings (SSSR count). The lowest BCUT2D eigenvalue weighted by molar-refractivity contribution is 0.0539. The minimum atomic E-state index is -0.778. The van der Waals surface area contributed by atoms with Gasteiger partial charge in [0.2, 0.25) is 0 Å². The number of aliphatic hydroxyl groups excluding tert-OH is 2. The van der Waals surface area contributed by atoms with Crippen LogP contribution in [0.25, 0.3) is 22.3 Å². The van der Waals surface area contributed by atoms with Crippen molar-refractivity contribution in [2.24, 2.45) is 0 Å². The highest BCUT2D eigenvalue weighted by Crippen LogP contribution is 2.21. The summed E-state index contributed by atoms with van der Waals surface area (Å²) in [5.41, 5.74) is 2.87. The van der Waals surface area contributed by atoms with Crippen LogP contribution < -0.4 is 10.9 Å². The molecule has 3 aromatic rings. The van der Waals surface area contributed by atoms with Gasteiger partial charge in [0.1, 0.15) is 0 Å². The largest absolute Gasteiger partial charge is 0.392 e.